The molecule has 2 atom stereocenters. The zero-order valence-corrected chi connectivity index (χ0v) is 18.8. The molecule has 6 nitrogen and oxygen atoms in total. The minimum Gasteiger partial charge on any atom is -0.511 e. The normalized spacial score (nSPS) is 22.7. The fraction of sp³-hybridized carbons (Fsp3) is 0.462. The van der Waals surface area contributed by atoms with E-state index in [9.17, 15) is 14.7 Å². The Hall–Kier alpha value is -3.02. The van der Waals surface area contributed by atoms with E-state index in [2.05, 4.69) is 12.1 Å². The average Bonchev–Trinajstić information content (AvgIpc) is 3.22. The van der Waals surface area contributed by atoms with Crippen molar-refractivity contribution in [2.45, 2.75) is 77.2 Å². The number of aliphatic imine (C=N–C) groups is 1. The maximum atomic E-state index is 13.2. The first-order chi connectivity index (χ1) is 15.5. The van der Waals surface area contributed by atoms with Crippen molar-refractivity contribution in [1.82, 2.24) is 5.16 Å². The zero-order chi connectivity index (χ0) is 22.7. The van der Waals surface area contributed by atoms with Crippen molar-refractivity contribution in [2.75, 3.05) is 0 Å². The van der Waals surface area contributed by atoms with Gasteiger partial charge in [-0.25, -0.2) is 0 Å². The lowest BCUT2D eigenvalue weighted by molar-refractivity contribution is -0.116. The van der Waals surface area contributed by atoms with Gasteiger partial charge in [0.25, 0.3) is 0 Å². The molecule has 1 aromatic carbocycles. The van der Waals surface area contributed by atoms with Crippen molar-refractivity contribution >= 4 is 17.3 Å². The van der Waals surface area contributed by atoms with Crippen LogP contribution in [0.3, 0.4) is 0 Å². The summed E-state index contributed by atoms with van der Waals surface area (Å²) in [5.41, 5.74) is 3.29. The average molecular weight is 435 g/mol. The summed E-state index contributed by atoms with van der Waals surface area (Å²) >= 11 is 0. The summed E-state index contributed by atoms with van der Waals surface area (Å²) < 4.78 is 5.35. The summed E-state index contributed by atoms with van der Waals surface area (Å²) in [4.78, 5) is 30.3. The number of aliphatic hydroxyl groups excluding tert-OH is 1. The Kier molecular flexibility index (Phi) is 6.68. The number of carbonyl (C=O) groups is 2. The number of aliphatic hydroxyl groups is 1. The zero-order valence-electron chi connectivity index (χ0n) is 18.8. The molecular weight excluding hydrogens is 404 g/mol. The molecule has 2 unspecified atom stereocenters. The second-order valence-electron chi connectivity index (χ2n) is 8.80. The number of hydrogen-bond acceptors (Lipinski definition) is 6. The number of hydrogen-bond donors (Lipinski definition) is 1. The number of rotatable bonds is 6. The molecule has 1 saturated carbocycles. The molecule has 0 aliphatic heterocycles. The van der Waals surface area contributed by atoms with E-state index in [1.165, 1.54) is 0 Å². The van der Waals surface area contributed by atoms with E-state index in [0.29, 0.717) is 60.4 Å². The van der Waals surface area contributed by atoms with Crippen LogP contribution in [0.1, 0.15) is 85.7 Å². The van der Waals surface area contributed by atoms with Crippen molar-refractivity contribution in [3.05, 3.63) is 64.2 Å². The number of ketones is 2. The standard InChI is InChI=1S/C26H30N2O4/c1-3-16(2)27-20-14-18(17-8-5-4-6-9-17)15-23(31)25(20)22(30)13-12-19-26-21(29)10-7-11-24(26)32-28-19/h4-6,8-9,16,18,30H,3,7,10-15H2,1-2H3/b25-22+,27-20?. The van der Waals surface area contributed by atoms with Gasteiger partial charge in [0.05, 0.1) is 16.8 Å². The van der Waals surface area contributed by atoms with Gasteiger partial charge in [0.2, 0.25) is 0 Å². The minimum atomic E-state index is -0.0806. The van der Waals surface area contributed by atoms with Crippen LogP contribution in [0.25, 0.3) is 0 Å². The molecule has 0 spiro atoms. The number of nitrogens with zero attached hydrogens (tertiary/aromatic N) is 2. The lowest BCUT2D eigenvalue weighted by Gasteiger charge is -2.26. The quantitative estimate of drug-likeness (QED) is 0.490. The molecule has 0 radical (unpaired) electrons. The number of aromatic nitrogens is 1. The van der Waals surface area contributed by atoms with E-state index in [1.807, 2.05) is 37.3 Å². The van der Waals surface area contributed by atoms with Gasteiger partial charge in [-0.2, -0.15) is 0 Å². The summed E-state index contributed by atoms with van der Waals surface area (Å²) in [5.74, 6) is 0.699. The molecule has 4 rings (SSSR count). The first kappa shape index (κ1) is 22.2. The molecule has 1 N–H and O–H groups in total. The third kappa shape index (κ3) is 4.59. The van der Waals surface area contributed by atoms with Crippen LogP contribution in [-0.4, -0.2) is 33.6 Å². The molecule has 0 saturated heterocycles. The highest BCUT2D eigenvalue weighted by Crippen LogP contribution is 2.34. The fourth-order valence-corrected chi connectivity index (χ4v) is 4.57. The summed E-state index contributed by atoms with van der Waals surface area (Å²) in [5, 5.41) is 15.0. The van der Waals surface area contributed by atoms with Gasteiger partial charge in [-0.05, 0) is 37.7 Å². The highest BCUT2D eigenvalue weighted by Gasteiger charge is 2.33. The molecule has 2 aliphatic rings. The van der Waals surface area contributed by atoms with Crippen LogP contribution in [0, 0.1) is 0 Å². The Morgan fingerprint density at radius 1 is 1.19 bits per heavy atom. The van der Waals surface area contributed by atoms with E-state index in [0.717, 1.165) is 18.4 Å². The minimum absolute atomic E-state index is 0.0311. The van der Waals surface area contributed by atoms with E-state index >= 15 is 0 Å². The van der Waals surface area contributed by atoms with Gasteiger partial charge >= 0.3 is 0 Å². The second-order valence-corrected chi connectivity index (χ2v) is 8.80. The Balaban J connectivity index is 1.59. The maximum absolute atomic E-state index is 13.2. The van der Waals surface area contributed by atoms with E-state index in [1.54, 1.807) is 0 Å². The van der Waals surface area contributed by atoms with Crippen LogP contribution in [-0.2, 0) is 17.6 Å². The predicted octanol–water partition coefficient (Wildman–Crippen LogP) is 5.32. The molecular formula is C26H30N2O4. The predicted molar refractivity (Wildman–Crippen MR) is 122 cm³/mol. The van der Waals surface area contributed by atoms with Crippen molar-refractivity contribution in [3.63, 3.8) is 0 Å². The number of carbonyl (C=O) groups excluding carboxylic acids is 2. The maximum Gasteiger partial charge on any atom is 0.168 e. The summed E-state index contributed by atoms with van der Waals surface area (Å²) in [6.45, 7) is 4.08. The van der Waals surface area contributed by atoms with Gasteiger partial charge in [0.15, 0.2) is 11.6 Å². The van der Waals surface area contributed by atoms with Crippen molar-refractivity contribution in [1.29, 1.82) is 0 Å². The van der Waals surface area contributed by atoms with Crippen molar-refractivity contribution in [2.24, 2.45) is 4.99 Å². The molecule has 168 valence electrons. The molecule has 32 heavy (non-hydrogen) atoms. The van der Waals surface area contributed by atoms with Crippen LogP contribution in [0.15, 0.2) is 51.2 Å². The third-order valence-corrected chi connectivity index (χ3v) is 6.48. The molecule has 6 heteroatoms. The molecule has 2 aliphatic carbocycles. The van der Waals surface area contributed by atoms with Crippen LogP contribution < -0.4 is 0 Å². The van der Waals surface area contributed by atoms with Gasteiger partial charge in [-0.1, -0.05) is 42.4 Å². The van der Waals surface area contributed by atoms with Crippen molar-refractivity contribution in [3.8, 4) is 0 Å². The second kappa shape index (κ2) is 9.63. The Morgan fingerprint density at radius 3 is 2.72 bits per heavy atom. The molecule has 1 fully saturated rings. The molecule has 0 bridgehead atoms. The summed E-state index contributed by atoms with van der Waals surface area (Å²) in [6, 6.07) is 10.1. The van der Waals surface area contributed by atoms with Crippen LogP contribution in [0.5, 0.6) is 0 Å². The molecule has 2 aromatic rings. The van der Waals surface area contributed by atoms with Gasteiger partial charge in [0, 0.05) is 43.9 Å². The first-order valence-electron chi connectivity index (χ1n) is 11.6. The smallest absolute Gasteiger partial charge is 0.168 e. The monoisotopic (exact) mass is 434 g/mol. The Morgan fingerprint density at radius 2 is 1.97 bits per heavy atom. The van der Waals surface area contributed by atoms with E-state index < -0.39 is 0 Å². The van der Waals surface area contributed by atoms with Gasteiger partial charge in [-0.15, -0.1) is 0 Å². The Labute approximate surface area is 188 Å². The number of Topliss-reactive ketones (excluding diaryl/α,β-unsaturated/α-hetero) is 2. The lowest BCUT2D eigenvalue weighted by Crippen LogP contribution is -2.27. The number of aryl methyl sites for hydroxylation is 2. The molecule has 1 aromatic heterocycles. The highest BCUT2D eigenvalue weighted by atomic mass is 16.5. The SMILES string of the molecule is CCC(C)N=C1CC(c2ccccc2)CC(=O)/C1=C(/O)CCc1noc2c1C(=O)CCC2. The third-order valence-electron chi connectivity index (χ3n) is 6.48. The first-order valence-corrected chi connectivity index (χ1v) is 11.6. The largest absolute Gasteiger partial charge is 0.511 e. The van der Waals surface area contributed by atoms with Crippen LogP contribution in [0.2, 0.25) is 0 Å². The van der Waals surface area contributed by atoms with Gasteiger partial charge < -0.3 is 9.63 Å². The van der Waals surface area contributed by atoms with Gasteiger partial charge in [0.1, 0.15) is 11.5 Å². The topological polar surface area (TPSA) is 92.8 Å². The summed E-state index contributed by atoms with van der Waals surface area (Å²) in [6.07, 6.45) is 4.40. The van der Waals surface area contributed by atoms with Crippen LogP contribution >= 0.6 is 0 Å². The summed E-state index contributed by atoms with van der Waals surface area (Å²) in [7, 11) is 0. The number of benzene rings is 1. The number of fused-ring (bicyclic) bond motifs is 1. The van der Waals surface area contributed by atoms with E-state index in [-0.39, 0.29) is 35.7 Å². The molecule has 0 amide bonds. The van der Waals surface area contributed by atoms with Gasteiger partial charge in [-0.3, -0.25) is 14.6 Å². The number of allylic oxidation sites excluding steroid dienone is 2. The molecule has 1 heterocycles. The fourth-order valence-electron chi connectivity index (χ4n) is 4.57. The van der Waals surface area contributed by atoms with Crippen LogP contribution in [0.4, 0.5) is 0 Å². The lowest BCUT2D eigenvalue weighted by atomic mass is 9.78. The highest BCUT2D eigenvalue weighted by molar-refractivity contribution is 6.24. The van der Waals surface area contributed by atoms with Crippen molar-refractivity contribution < 1.29 is 19.2 Å². The Bertz CT molecular complexity index is 1060. The van der Waals surface area contributed by atoms with E-state index in [4.69, 9.17) is 9.52 Å².